The van der Waals surface area contributed by atoms with Crippen molar-refractivity contribution in [2.75, 3.05) is 13.6 Å². The molecule has 0 radical (unpaired) electrons. The van der Waals surface area contributed by atoms with Crippen molar-refractivity contribution in [1.29, 1.82) is 0 Å². The molecule has 1 aliphatic rings. The third kappa shape index (κ3) is 4.97. The van der Waals surface area contributed by atoms with Crippen molar-refractivity contribution in [3.63, 3.8) is 0 Å². The van der Waals surface area contributed by atoms with E-state index in [0.717, 1.165) is 12.5 Å². The molecule has 3 heteroatoms. The molecule has 1 aliphatic carbocycles. The van der Waals surface area contributed by atoms with E-state index in [9.17, 15) is 4.79 Å². The second kappa shape index (κ2) is 6.89. The van der Waals surface area contributed by atoms with Crippen molar-refractivity contribution in [2.45, 2.75) is 57.9 Å². The average Bonchev–Trinajstić information content (AvgIpc) is 2.26. The average molecular weight is 226 g/mol. The fourth-order valence-corrected chi connectivity index (χ4v) is 2.41. The van der Waals surface area contributed by atoms with E-state index in [1.165, 1.54) is 38.5 Å². The second-order valence-corrected chi connectivity index (χ2v) is 5.29. The molecule has 0 bridgehead atoms. The zero-order valence-electron chi connectivity index (χ0n) is 10.7. The van der Waals surface area contributed by atoms with Gasteiger partial charge in [-0.05, 0) is 19.3 Å². The van der Waals surface area contributed by atoms with E-state index in [2.05, 4.69) is 0 Å². The molecular formula is C13H26N2O. The summed E-state index contributed by atoms with van der Waals surface area (Å²) in [6.07, 6.45) is 8.51. The zero-order chi connectivity index (χ0) is 12.0. The van der Waals surface area contributed by atoms with Crippen molar-refractivity contribution < 1.29 is 4.79 Å². The Labute approximate surface area is 99.4 Å². The van der Waals surface area contributed by atoms with Crippen LogP contribution in [-0.2, 0) is 4.79 Å². The summed E-state index contributed by atoms with van der Waals surface area (Å²) in [5.74, 6) is 1.03. The molecule has 0 aromatic carbocycles. The third-order valence-electron chi connectivity index (χ3n) is 3.52. The molecule has 0 aromatic rings. The molecule has 1 amide bonds. The Bertz CT molecular complexity index is 210. The summed E-state index contributed by atoms with van der Waals surface area (Å²) in [6.45, 7) is 2.78. The number of rotatable bonds is 5. The van der Waals surface area contributed by atoms with E-state index in [4.69, 9.17) is 5.73 Å². The van der Waals surface area contributed by atoms with Crippen molar-refractivity contribution in [3.8, 4) is 0 Å². The van der Waals surface area contributed by atoms with Gasteiger partial charge in [0.25, 0.3) is 0 Å². The van der Waals surface area contributed by atoms with Gasteiger partial charge in [-0.3, -0.25) is 4.79 Å². The highest BCUT2D eigenvalue weighted by Gasteiger charge is 2.16. The minimum absolute atomic E-state index is 0.0235. The monoisotopic (exact) mass is 226 g/mol. The summed E-state index contributed by atoms with van der Waals surface area (Å²) >= 11 is 0. The molecular weight excluding hydrogens is 200 g/mol. The summed E-state index contributed by atoms with van der Waals surface area (Å²) in [5, 5.41) is 0. The summed E-state index contributed by atoms with van der Waals surface area (Å²) < 4.78 is 0. The number of carbonyl (C=O) groups excluding carboxylic acids is 1. The van der Waals surface area contributed by atoms with Gasteiger partial charge in [0, 0.05) is 26.1 Å². The SMILES string of the molecule is CC(N)CC(=O)N(C)CCC1CCCCC1. The molecule has 16 heavy (non-hydrogen) atoms. The molecule has 0 aromatic heterocycles. The van der Waals surface area contributed by atoms with Crippen LogP contribution in [0.1, 0.15) is 51.9 Å². The quantitative estimate of drug-likeness (QED) is 0.781. The third-order valence-corrected chi connectivity index (χ3v) is 3.52. The largest absolute Gasteiger partial charge is 0.346 e. The van der Waals surface area contributed by atoms with E-state index in [1.54, 1.807) is 0 Å². The summed E-state index contributed by atoms with van der Waals surface area (Å²) in [4.78, 5) is 13.5. The number of amides is 1. The number of hydrogen-bond donors (Lipinski definition) is 1. The predicted octanol–water partition coefficient (Wildman–Crippen LogP) is 2.15. The highest BCUT2D eigenvalue weighted by atomic mass is 16.2. The standard InChI is InChI=1S/C13H26N2O/c1-11(14)10-13(16)15(2)9-8-12-6-4-3-5-7-12/h11-12H,3-10,14H2,1-2H3. The highest BCUT2D eigenvalue weighted by Crippen LogP contribution is 2.26. The van der Waals surface area contributed by atoms with Gasteiger partial charge in [0.1, 0.15) is 0 Å². The molecule has 3 nitrogen and oxygen atoms in total. The van der Waals surface area contributed by atoms with Crippen LogP contribution in [0, 0.1) is 5.92 Å². The molecule has 1 unspecified atom stereocenters. The van der Waals surface area contributed by atoms with E-state index in [-0.39, 0.29) is 11.9 Å². The highest BCUT2D eigenvalue weighted by molar-refractivity contribution is 5.76. The van der Waals surface area contributed by atoms with Gasteiger partial charge in [-0.1, -0.05) is 32.1 Å². The van der Waals surface area contributed by atoms with E-state index in [1.807, 2.05) is 18.9 Å². The Hall–Kier alpha value is -0.570. The molecule has 0 heterocycles. The first kappa shape index (κ1) is 13.5. The van der Waals surface area contributed by atoms with E-state index < -0.39 is 0 Å². The first-order valence-corrected chi connectivity index (χ1v) is 6.59. The molecule has 0 aliphatic heterocycles. The van der Waals surface area contributed by atoms with Crippen LogP contribution in [0.15, 0.2) is 0 Å². The molecule has 1 fully saturated rings. The maximum absolute atomic E-state index is 11.7. The van der Waals surface area contributed by atoms with Crippen LogP contribution in [0.4, 0.5) is 0 Å². The lowest BCUT2D eigenvalue weighted by Crippen LogP contribution is -2.33. The topological polar surface area (TPSA) is 46.3 Å². The lowest BCUT2D eigenvalue weighted by atomic mass is 9.87. The van der Waals surface area contributed by atoms with Crippen molar-refractivity contribution in [1.82, 2.24) is 4.90 Å². The van der Waals surface area contributed by atoms with Crippen molar-refractivity contribution in [2.24, 2.45) is 11.7 Å². The molecule has 0 saturated heterocycles. The lowest BCUT2D eigenvalue weighted by Gasteiger charge is -2.25. The lowest BCUT2D eigenvalue weighted by molar-refractivity contribution is -0.130. The Morgan fingerprint density at radius 2 is 2.00 bits per heavy atom. The summed E-state index contributed by atoms with van der Waals surface area (Å²) in [7, 11) is 1.90. The van der Waals surface area contributed by atoms with Gasteiger partial charge in [-0.15, -0.1) is 0 Å². The van der Waals surface area contributed by atoms with Gasteiger partial charge >= 0.3 is 0 Å². The number of nitrogens with zero attached hydrogens (tertiary/aromatic N) is 1. The summed E-state index contributed by atoms with van der Waals surface area (Å²) in [6, 6.07) is -0.0235. The first-order chi connectivity index (χ1) is 7.59. The minimum atomic E-state index is -0.0235. The molecule has 1 saturated carbocycles. The summed E-state index contributed by atoms with van der Waals surface area (Å²) in [5.41, 5.74) is 5.62. The van der Waals surface area contributed by atoms with Crippen molar-refractivity contribution >= 4 is 5.91 Å². The van der Waals surface area contributed by atoms with Gasteiger partial charge in [-0.2, -0.15) is 0 Å². The second-order valence-electron chi connectivity index (χ2n) is 5.29. The van der Waals surface area contributed by atoms with Crippen molar-refractivity contribution in [3.05, 3.63) is 0 Å². The van der Waals surface area contributed by atoms with Gasteiger partial charge in [0.2, 0.25) is 5.91 Å². The Kier molecular flexibility index (Phi) is 5.81. The number of nitrogens with two attached hydrogens (primary N) is 1. The van der Waals surface area contributed by atoms with Crippen LogP contribution in [-0.4, -0.2) is 30.4 Å². The van der Waals surface area contributed by atoms with E-state index >= 15 is 0 Å². The van der Waals surface area contributed by atoms with Gasteiger partial charge in [0.15, 0.2) is 0 Å². The van der Waals surface area contributed by atoms with E-state index in [0.29, 0.717) is 6.42 Å². The Balaban J connectivity index is 2.17. The fourth-order valence-electron chi connectivity index (χ4n) is 2.41. The number of carbonyl (C=O) groups is 1. The van der Waals surface area contributed by atoms with Gasteiger partial charge < -0.3 is 10.6 Å². The Morgan fingerprint density at radius 3 is 2.56 bits per heavy atom. The predicted molar refractivity (Wildman–Crippen MR) is 67.1 cm³/mol. The van der Waals surface area contributed by atoms with Crippen LogP contribution >= 0.6 is 0 Å². The molecule has 2 N–H and O–H groups in total. The Morgan fingerprint density at radius 1 is 1.38 bits per heavy atom. The molecule has 1 rings (SSSR count). The van der Waals surface area contributed by atoms with Gasteiger partial charge in [-0.25, -0.2) is 0 Å². The minimum Gasteiger partial charge on any atom is -0.346 e. The van der Waals surface area contributed by atoms with Crippen LogP contribution in [0.2, 0.25) is 0 Å². The fraction of sp³-hybridized carbons (Fsp3) is 0.923. The van der Waals surface area contributed by atoms with Crippen LogP contribution in [0.5, 0.6) is 0 Å². The molecule has 94 valence electrons. The molecule has 1 atom stereocenters. The van der Waals surface area contributed by atoms with Crippen LogP contribution < -0.4 is 5.73 Å². The maximum Gasteiger partial charge on any atom is 0.223 e. The van der Waals surface area contributed by atoms with Gasteiger partial charge in [0.05, 0.1) is 0 Å². The smallest absolute Gasteiger partial charge is 0.223 e. The first-order valence-electron chi connectivity index (χ1n) is 6.59. The maximum atomic E-state index is 11.7. The zero-order valence-corrected chi connectivity index (χ0v) is 10.7. The van der Waals surface area contributed by atoms with Crippen LogP contribution in [0.25, 0.3) is 0 Å². The number of hydrogen-bond acceptors (Lipinski definition) is 2. The van der Waals surface area contributed by atoms with Crippen LogP contribution in [0.3, 0.4) is 0 Å². The molecule has 0 spiro atoms. The normalized spacial score (nSPS) is 19.4.